The molecule has 0 aliphatic heterocycles. The molecule has 0 aliphatic rings. The molecule has 3 N–H and O–H groups in total. The Morgan fingerprint density at radius 1 is 0.850 bits per heavy atom. The molecule has 0 spiro atoms. The molecule has 40 heavy (non-hydrogen) atoms. The fraction of sp³-hybridized carbons (Fsp3) is 0.226. The summed E-state index contributed by atoms with van der Waals surface area (Å²) in [7, 11) is 1.21. The van der Waals surface area contributed by atoms with Gasteiger partial charge in [-0.3, -0.25) is 14.4 Å². The van der Waals surface area contributed by atoms with Gasteiger partial charge in [-0.2, -0.15) is 0 Å². The number of nitrogens with one attached hydrogen (secondary N) is 3. The number of aryl methyl sites for hydroxylation is 2. The molecule has 2 atom stereocenters. The number of benzene rings is 3. The average Bonchev–Trinajstić information content (AvgIpc) is 3.49. The quantitative estimate of drug-likeness (QED) is 0.258. The van der Waals surface area contributed by atoms with Crippen molar-refractivity contribution in [1.29, 1.82) is 0 Å². The van der Waals surface area contributed by atoms with Crippen LogP contribution in [0.4, 0.5) is 0 Å². The van der Waals surface area contributed by atoms with Crippen molar-refractivity contribution in [2.45, 2.75) is 32.9 Å². The molecule has 206 valence electrons. The van der Waals surface area contributed by atoms with Crippen molar-refractivity contribution in [3.05, 3.63) is 105 Å². The lowest BCUT2D eigenvalue weighted by Gasteiger charge is -2.20. The summed E-state index contributed by atoms with van der Waals surface area (Å²) in [5.74, 6) is -1.80. The summed E-state index contributed by atoms with van der Waals surface area (Å²) in [5, 5.41) is 12.3. The standard InChI is InChI=1S/C31H31N3O5S/c1-18-15-22(28(35)33-20(3)23-12-7-10-21-9-5-6-11-24(21)23)16-19(2)27(18)30(37)34-25(31(38)39-4)17-32-29(36)26-13-8-14-40-26/h5-16,20,25H,17H2,1-4H3,(H,32,36)(H,33,35)(H,34,37)/t20?,25-/m0/s1. The number of thiophene rings is 1. The van der Waals surface area contributed by atoms with Crippen LogP contribution in [-0.2, 0) is 9.53 Å². The molecule has 3 aromatic carbocycles. The molecule has 0 saturated heterocycles. The number of hydrogen-bond acceptors (Lipinski definition) is 6. The van der Waals surface area contributed by atoms with Crippen LogP contribution in [0.1, 0.15) is 60.0 Å². The first-order valence-corrected chi connectivity index (χ1v) is 13.7. The summed E-state index contributed by atoms with van der Waals surface area (Å²) in [6, 6.07) is 19.4. The van der Waals surface area contributed by atoms with Crippen molar-refractivity contribution < 1.29 is 23.9 Å². The summed E-state index contributed by atoms with van der Waals surface area (Å²) >= 11 is 1.27. The zero-order valence-electron chi connectivity index (χ0n) is 22.7. The summed E-state index contributed by atoms with van der Waals surface area (Å²) < 4.78 is 4.83. The van der Waals surface area contributed by atoms with Crippen molar-refractivity contribution in [2.24, 2.45) is 0 Å². The molecule has 0 bridgehead atoms. The Morgan fingerprint density at radius 2 is 1.55 bits per heavy atom. The van der Waals surface area contributed by atoms with E-state index in [2.05, 4.69) is 16.0 Å². The molecule has 1 aromatic heterocycles. The minimum absolute atomic E-state index is 0.139. The highest BCUT2D eigenvalue weighted by atomic mass is 32.1. The molecule has 0 fully saturated rings. The number of amides is 3. The normalized spacial score (nSPS) is 12.3. The fourth-order valence-electron chi connectivity index (χ4n) is 4.69. The van der Waals surface area contributed by atoms with Crippen molar-refractivity contribution in [3.63, 3.8) is 0 Å². The Balaban J connectivity index is 1.47. The molecular formula is C31H31N3O5S. The molecular weight excluding hydrogens is 526 g/mol. The Morgan fingerprint density at radius 3 is 2.23 bits per heavy atom. The lowest BCUT2D eigenvalue weighted by Crippen LogP contribution is -2.49. The van der Waals surface area contributed by atoms with Crippen LogP contribution in [0.3, 0.4) is 0 Å². The van der Waals surface area contributed by atoms with Gasteiger partial charge in [-0.15, -0.1) is 11.3 Å². The zero-order valence-corrected chi connectivity index (χ0v) is 23.6. The highest BCUT2D eigenvalue weighted by molar-refractivity contribution is 7.12. The molecule has 4 rings (SSSR count). The highest BCUT2D eigenvalue weighted by Gasteiger charge is 2.25. The monoisotopic (exact) mass is 557 g/mol. The van der Waals surface area contributed by atoms with E-state index >= 15 is 0 Å². The van der Waals surface area contributed by atoms with Gasteiger partial charge >= 0.3 is 5.97 Å². The number of esters is 1. The van der Waals surface area contributed by atoms with Crippen LogP contribution in [0.2, 0.25) is 0 Å². The van der Waals surface area contributed by atoms with Gasteiger partial charge in [0.05, 0.1) is 18.0 Å². The molecule has 4 aromatic rings. The van der Waals surface area contributed by atoms with Gasteiger partial charge in [-0.1, -0.05) is 48.5 Å². The van der Waals surface area contributed by atoms with Crippen LogP contribution in [0, 0.1) is 13.8 Å². The molecule has 8 nitrogen and oxygen atoms in total. The Bertz CT molecular complexity index is 1540. The van der Waals surface area contributed by atoms with Crippen molar-refractivity contribution in [3.8, 4) is 0 Å². The maximum absolute atomic E-state index is 13.2. The predicted molar refractivity (Wildman–Crippen MR) is 156 cm³/mol. The maximum Gasteiger partial charge on any atom is 0.330 e. The van der Waals surface area contributed by atoms with E-state index in [4.69, 9.17) is 4.74 Å². The molecule has 0 saturated carbocycles. The van der Waals surface area contributed by atoms with E-state index in [9.17, 15) is 19.2 Å². The van der Waals surface area contributed by atoms with Crippen LogP contribution >= 0.6 is 11.3 Å². The molecule has 0 radical (unpaired) electrons. The van der Waals surface area contributed by atoms with E-state index in [1.165, 1.54) is 18.4 Å². The van der Waals surface area contributed by atoms with Gasteiger partial charge in [0.2, 0.25) is 0 Å². The van der Waals surface area contributed by atoms with Gasteiger partial charge in [-0.05, 0) is 71.8 Å². The van der Waals surface area contributed by atoms with E-state index in [0.29, 0.717) is 27.1 Å². The Labute approximate surface area is 236 Å². The van der Waals surface area contributed by atoms with E-state index in [0.717, 1.165) is 16.3 Å². The third-order valence-corrected chi connectivity index (χ3v) is 7.53. The van der Waals surface area contributed by atoms with Gasteiger partial charge in [0.25, 0.3) is 17.7 Å². The second-order valence-corrected chi connectivity index (χ2v) is 10.4. The van der Waals surface area contributed by atoms with E-state index in [1.807, 2.05) is 49.4 Å². The number of rotatable bonds is 9. The number of hydrogen-bond donors (Lipinski definition) is 3. The molecule has 3 amide bonds. The van der Waals surface area contributed by atoms with Crippen LogP contribution in [-0.4, -0.2) is 43.4 Å². The molecule has 1 unspecified atom stereocenters. The third-order valence-electron chi connectivity index (χ3n) is 6.66. The van der Waals surface area contributed by atoms with Crippen LogP contribution in [0.15, 0.2) is 72.1 Å². The highest BCUT2D eigenvalue weighted by Crippen LogP contribution is 2.25. The number of ether oxygens (including phenoxy) is 1. The SMILES string of the molecule is COC(=O)[C@H](CNC(=O)c1cccs1)NC(=O)c1c(C)cc(C(=O)NC(C)c2cccc3ccccc23)cc1C. The van der Waals surface area contributed by atoms with Crippen LogP contribution < -0.4 is 16.0 Å². The van der Waals surface area contributed by atoms with Crippen molar-refractivity contribution >= 4 is 45.8 Å². The lowest BCUT2D eigenvalue weighted by atomic mass is 9.97. The van der Waals surface area contributed by atoms with Gasteiger partial charge in [0.15, 0.2) is 0 Å². The number of fused-ring (bicyclic) bond motifs is 1. The zero-order chi connectivity index (χ0) is 28.8. The second kappa shape index (κ2) is 12.6. The number of carbonyl (C=O) groups is 4. The summed E-state index contributed by atoms with van der Waals surface area (Å²) in [5.41, 5.74) is 2.93. The second-order valence-electron chi connectivity index (χ2n) is 9.49. The summed E-state index contributed by atoms with van der Waals surface area (Å²) in [4.78, 5) is 51.6. The summed E-state index contributed by atoms with van der Waals surface area (Å²) in [6.45, 7) is 5.27. The van der Waals surface area contributed by atoms with Gasteiger partial charge in [-0.25, -0.2) is 4.79 Å². The van der Waals surface area contributed by atoms with E-state index in [1.54, 1.807) is 43.5 Å². The average molecular weight is 558 g/mol. The largest absolute Gasteiger partial charge is 0.467 e. The van der Waals surface area contributed by atoms with E-state index < -0.39 is 17.9 Å². The fourth-order valence-corrected chi connectivity index (χ4v) is 5.33. The first-order valence-electron chi connectivity index (χ1n) is 12.8. The van der Waals surface area contributed by atoms with Crippen molar-refractivity contribution in [2.75, 3.05) is 13.7 Å². The van der Waals surface area contributed by atoms with Gasteiger partial charge < -0.3 is 20.7 Å². The first kappa shape index (κ1) is 28.5. The lowest BCUT2D eigenvalue weighted by molar-refractivity contribution is -0.142. The Hall–Kier alpha value is -4.50. The molecule has 0 aliphatic carbocycles. The molecule has 1 heterocycles. The molecule has 9 heteroatoms. The minimum atomic E-state index is -1.09. The van der Waals surface area contributed by atoms with Gasteiger partial charge in [0.1, 0.15) is 6.04 Å². The van der Waals surface area contributed by atoms with Crippen LogP contribution in [0.25, 0.3) is 10.8 Å². The topological polar surface area (TPSA) is 114 Å². The van der Waals surface area contributed by atoms with Gasteiger partial charge in [0, 0.05) is 17.7 Å². The first-order chi connectivity index (χ1) is 19.2. The van der Waals surface area contributed by atoms with Crippen LogP contribution in [0.5, 0.6) is 0 Å². The van der Waals surface area contributed by atoms with E-state index in [-0.39, 0.29) is 24.4 Å². The minimum Gasteiger partial charge on any atom is -0.467 e. The third kappa shape index (κ3) is 6.38. The summed E-state index contributed by atoms with van der Waals surface area (Å²) in [6.07, 6.45) is 0. The smallest absolute Gasteiger partial charge is 0.330 e. The predicted octanol–water partition coefficient (Wildman–Crippen LogP) is 4.71. The number of carbonyl (C=O) groups excluding carboxylic acids is 4. The Kier molecular flexibility index (Phi) is 8.96. The maximum atomic E-state index is 13.2. The van der Waals surface area contributed by atoms with Crippen molar-refractivity contribution in [1.82, 2.24) is 16.0 Å². The number of methoxy groups -OCH3 is 1.